The molecule has 2 aromatic carbocycles. The second kappa shape index (κ2) is 10.9. The molecule has 0 bridgehead atoms. The summed E-state index contributed by atoms with van der Waals surface area (Å²) in [7, 11) is 1.69. The van der Waals surface area contributed by atoms with Crippen LogP contribution in [-0.4, -0.2) is 56.7 Å². The molecule has 0 unspecified atom stereocenters. The van der Waals surface area contributed by atoms with E-state index in [0.717, 1.165) is 71.0 Å². The third kappa shape index (κ3) is 5.20. The fourth-order valence-electron chi connectivity index (χ4n) is 5.21. The lowest BCUT2D eigenvalue weighted by molar-refractivity contribution is 0.0619. The SMILES string of the molecule is CCC[C@@H](CO)Nc1nc(N)nc2c3ccccc3n(Cc3cc(CNC4CC(O)C4)ccc3OC)c12. The number of nitrogens with two attached hydrogens (primary N) is 1. The molecule has 6 N–H and O–H groups in total. The van der Waals surface area contributed by atoms with Gasteiger partial charge in [0.15, 0.2) is 5.82 Å². The number of aliphatic hydroxyl groups excluding tert-OH is 2. The van der Waals surface area contributed by atoms with Gasteiger partial charge in [-0.05, 0) is 43.0 Å². The van der Waals surface area contributed by atoms with Gasteiger partial charge in [-0.25, -0.2) is 4.98 Å². The van der Waals surface area contributed by atoms with Crippen LogP contribution in [0, 0.1) is 0 Å². The number of anilines is 2. The van der Waals surface area contributed by atoms with E-state index in [2.05, 4.69) is 50.3 Å². The van der Waals surface area contributed by atoms with Crippen molar-refractivity contribution in [1.29, 1.82) is 0 Å². The van der Waals surface area contributed by atoms with Gasteiger partial charge >= 0.3 is 0 Å². The zero-order valence-corrected chi connectivity index (χ0v) is 21.4. The van der Waals surface area contributed by atoms with Crippen molar-refractivity contribution in [2.45, 2.75) is 63.9 Å². The molecular weight excluding hydrogens is 468 g/mol. The van der Waals surface area contributed by atoms with Crippen LogP contribution in [0.5, 0.6) is 5.75 Å². The van der Waals surface area contributed by atoms with Crippen molar-refractivity contribution in [1.82, 2.24) is 19.9 Å². The van der Waals surface area contributed by atoms with Crippen molar-refractivity contribution < 1.29 is 14.9 Å². The predicted molar refractivity (Wildman–Crippen MR) is 147 cm³/mol. The number of hydrogen-bond donors (Lipinski definition) is 5. The lowest BCUT2D eigenvalue weighted by atomic mass is 9.89. The molecule has 2 aromatic heterocycles. The number of hydrogen-bond acceptors (Lipinski definition) is 8. The van der Waals surface area contributed by atoms with Crippen LogP contribution in [0.25, 0.3) is 21.9 Å². The summed E-state index contributed by atoms with van der Waals surface area (Å²) in [4.78, 5) is 9.18. The van der Waals surface area contributed by atoms with E-state index in [-0.39, 0.29) is 24.7 Å². The summed E-state index contributed by atoms with van der Waals surface area (Å²) in [6.45, 7) is 3.36. The highest BCUT2D eigenvalue weighted by atomic mass is 16.5. The summed E-state index contributed by atoms with van der Waals surface area (Å²) in [5.41, 5.74) is 11.0. The van der Waals surface area contributed by atoms with E-state index >= 15 is 0 Å². The minimum absolute atomic E-state index is 0.000357. The number of nitrogens with zero attached hydrogens (tertiary/aromatic N) is 3. The molecule has 4 aromatic rings. The van der Waals surface area contributed by atoms with Crippen LogP contribution in [0.2, 0.25) is 0 Å². The smallest absolute Gasteiger partial charge is 0.222 e. The largest absolute Gasteiger partial charge is 0.496 e. The van der Waals surface area contributed by atoms with Crippen LogP contribution in [-0.2, 0) is 13.1 Å². The highest BCUT2D eigenvalue weighted by Crippen LogP contribution is 2.34. The number of nitrogens with one attached hydrogen (secondary N) is 2. The summed E-state index contributed by atoms with van der Waals surface area (Å²) < 4.78 is 7.94. The third-order valence-electron chi connectivity index (χ3n) is 7.20. The van der Waals surface area contributed by atoms with Crippen molar-refractivity contribution in [2.75, 3.05) is 24.8 Å². The Hall–Kier alpha value is -3.40. The lowest BCUT2D eigenvalue weighted by Gasteiger charge is -2.32. The van der Waals surface area contributed by atoms with Crippen LogP contribution < -0.4 is 21.1 Å². The lowest BCUT2D eigenvalue weighted by Crippen LogP contribution is -2.43. The van der Waals surface area contributed by atoms with Crippen LogP contribution >= 0.6 is 0 Å². The Morgan fingerprint density at radius 1 is 1.19 bits per heavy atom. The van der Waals surface area contributed by atoms with E-state index in [0.29, 0.717) is 18.4 Å². The first-order valence-corrected chi connectivity index (χ1v) is 13.0. The van der Waals surface area contributed by atoms with Gasteiger partial charge in [-0.3, -0.25) is 0 Å². The Labute approximate surface area is 216 Å². The molecule has 0 amide bonds. The average molecular weight is 505 g/mol. The molecule has 1 fully saturated rings. The number of aromatic nitrogens is 3. The summed E-state index contributed by atoms with van der Waals surface area (Å²) in [6, 6.07) is 14.6. The molecule has 1 atom stereocenters. The Bertz CT molecular complexity index is 1380. The molecular formula is C28H36N6O3. The first-order valence-electron chi connectivity index (χ1n) is 13.0. The van der Waals surface area contributed by atoms with Gasteiger partial charge in [0.05, 0.1) is 37.9 Å². The van der Waals surface area contributed by atoms with Crippen LogP contribution in [0.4, 0.5) is 11.8 Å². The molecule has 0 aliphatic heterocycles. The Kier molecular flexibility index (Phi) is 7.45. The zero-order valence-electron chi connectivity index (χ0n) is 21.4. The topological polar surface area (TPSA) is 130 Å². The van der Waals surface area contributed by atoms with E-state index in [1.165, 1.54) is 0 Å². The number of methoxy groups -OCH3 is 1. The van der Waals surface area contributed by atoms with E-state index in [1.807, 2.05) is 24.3 Å². The van der Waals surface area contributed by atoms with Crippen LogP contribution in [0.1, 0.15) is 43.7 Å². The van der Waals surface area contributed by atoms with E-state index < -0.39 is 0 Å². The van der Waals surface area contributed by atoms with Gasteiger partial charge < -0.3 is 35.9 Å². The molecule has 0 spiro atoms. The third-order valence-corrected chi connectivity index (χ3v) is 7.20. The van der Waals surface area contributed by atoms with Gasteiger partial charge in [-0.1, -0.05) is 37.6 Å². The van der Waals surface area contributed by atoms with Gasteiger partial charge in [0.2, 0.25) is 5.95 Å². The van der Waals surface area contributed by atoms with Gasteiger partial charge in [0.25, 0.3) is 0 Å². The monoisotopic (exact) mass is 504 g/mol. The molecule has 2 heterocycles. The molecule has 37 heavy (non-hydrogen) atoms. The fraction of sp³-hybridized carbons (Fsp3) is 0.429. The molecule has 9 heteroatoms. The molecule has 1 saturated carbocycles. The highest BCUT2D eigenvalue weighted by Gasteiger charge is 2.26. The normalized spacial score (nSPS) is 18.2. The first kappa shape index (κ1) is 25.3. The standard InChI is InChI=1S/C28H36N6O3/c1-3-6-19(16-35)31-27-26-25(32-28(29)33-27)22-7-4-5-8-23(22)34(26)15-18-11-17(9-10-24(18)37-2)14-30-20-12-21(36)13-20/h4-5,7-11,19-21,30,35-36H,3,6,12-16H2,1-2H3,(H3,29,31,32,33)/t19-,20?,21?/m0/s1. The van der Waals surface area contributed by atoms with Gasteiger partial charge in [0.1, 0.15) is 16.8 Å². The minimum Gasteiger partial charge on any atom is -0.496 e. The van der Waals surface area contributed by atoms with Crippen molar-refractivity contribution in [3.05, 3.63) is 53.6 Å². The van der Waals surface area contributed by atoms with Crippen molar-refractivity contribution in [3.8, 4) is 5.75 Å². The average Bonchev–Trinajstić information content (AvgIpc) is 3.19. The molecule has 9 nitrogen and oxygen atoms in total. The number of benzene rings is 2. The Morgan fingerprint density at radius 2 is 2.00 bits per heavy atom. The van der Waals surface area contributed by atoms with Gasteiger partial charge in [0, 0.05) is 23.5 Å². The first-order chi connectivity index (χ1) is 18.0. The maximum Gasteiger partial charge on any atom is 0.222 e. The summed E-state index contributed by atoms with van der Waals surface area (Å²) in [5, 5.41) is 27.5. The molecule has 0 radical (unpaired) electrons. The maximum absolute atomic E-state index is 9.95. The molecule has 1 aliphatic rings. The van der Waals surface area contributed by atoms with E-state index in [4.69, 9.17) is 10.5 Å². The van der Waals surface area contributed by atoms with Gasteiger partial charge in [-0.2, -0.15) is 4.98 Å². The van der Waals surface area contributed by atoms with Crippen molar-refractivity contribution >= 4 is 33.7 Å². The summed E-state index contributed by atoms with van der Waals surface area (Å²) in [6.07, 6.45) is 3.17. The summed E-state index contributed by atoms with van der Waals surface area (Å²) >= 11 is 0. The van der Waals surface area contributed by atoms with Crippen LogP contribution in [0.3, 0.4) is 0 Å². The Balaban J connectivity index is 1.57. The number of ether oxygens (including phenoxy) is 1. The minimum atomic E-state index is -0.180. The second-order valence-electron chi connectivity index (χ2n) is 9.89. The second-order valence-corrected chi connectivity index (χ2v) is 9.89. The van der Waals surface area contributed by atoms with E-state index in [1.54, 1.807) is 7.11 Å². The van der Waals surface area contributed by atoms with Crippen LogP contribution in [0.15, 0.2) is 42.5 Å². The highest BCUT2D eigenvalue weighted by molar-refractivity contribution is 6.09. The quantitative estimate of drug-likeness (QED) is 0.210. The van der Waals surface area contributed by atoms with Gasteiger partial charge in [-0.15, -0.1) is 0 Å². The number of rotatable bonds is 11. The molecule has 0 saturated heterocycles. The Morgan fingerprint density at radius 3 is 2.73 bits per heavy atom. The number of fused-ring (bicyclic) bond motifs is 3. The maximum atomic E-state index is 9.95. The number of aliphatic hydroxyl groups is 2. The van der Waals surface area contributed by atoms with E-state index in [9.17, 15) is 10.2 Å². The molecule has 196 valence electrons. The van der Waals surface area contributed by atoms with Crippen molar-refractivity contribution in [3.63, 3.8) is 0 Å². The summed E-state index contributed by atoms with van der Waals surface area (Å²) in [5.74, 6) is 1.61. The molecule has 1 aliphatic carbocycles. The number of nitrogen functional groups attached to an aromatic ring is 1. The number of para-hydroxylation sites is 1. The van der Waals surface area contributed by atoms with Crippen molar-refractivity contribution in [2.24, 2.45) is 0 Å². The fourth-order valence-corrected chi connectivity index (χ4v) is 5.21. The predicted octanol–water partition coefficient (Wildman–Crippen LogP) is 3.41. The molecule has 5 rings (SSSR count). The zero-order chi connectivity index (χ0) is 25.9.